The lowest BCUT2D eigenvalue weighted by Crippen LogP contribution is -2.19. The van der Waals surface area contributed by atoms with Gasteiger partial charge in [-0.3, -0.25) is 4.79 Å². The number of rotatable bonds is 3. The van der Waals surface area contributed by atoms with Crippen LogP contribution in [0.15, 0.2) is 17.0 Å². The van der Waals surface area contributed by atoms with Crippen LogP contribution in [0.1, 0.15) is 12.5 Å². The summed E-state index contributed by atoms with van der Waals surface area (Å²) in [6, 6.07) is 3.24. The van der Waals surface area contributed by atoms with E-state index < -0.39 is 9.84 Å². The molecule has 1 aromatic carbocycles. The third kappa shape index (κ3) is 2.48. The lowest BCUT2D eigenvalue weighted by molar-refractivity contribution is -0.116. The van der Waals surface area contributed by atoms with Gasteiger partial charge in [0.05, 0.1) is 0 Å². The summed E-state index contributed by atoms with van der Waals surface area (Å²) < 4.78 is 34.5. The number of ketones is 1. The Hall–Kier alpha value is -1.56. The Bertz CT molecular complexity index is 589. The summed E-state index contributed by atoms with van der Waals surface area (Å²) in [6.07, 6.45) is 1.17. The van der Waals surface area contributed by atoms with Crippen LogP contribution < -0.4 is 9.47 Å². The molecule has 0 N–H and O–H groups in total. The molecule has 0 saturated carbocycles. The van der Waals surface area contributed by atoms with Crippen molar-refractivity contribution in [3.8, 4) is 11.5 Å². The Labute approximate surface area is 106 Å². The highest BCUT2D eigenvalue weighted by atomic mass is 32.2. The molecule has 0 radical (unpaired) electrons. The van der Waals surface area contributed by atoms with Crippen LogP contribution in [0.5, 0.6) is 11.5 Å². The predicted molar refractivity (Wildman–Crippen MR) is 64.9 cm³/mol. The second kappa shape index (κ2) is 4.61. The summed E-state index contributed by atoms with van der Waals surface area (Å²) in [5.74, 6) is 0.535. The van der Waals surface area contributed by atoms with E-state index >= 15 is 0 Å². The SMILES string of the molecule is CC(=O)Cc1ccc2c(c1S(C)(=O)=O)OCCO2. The van der Waals surface area contributed by atoms with Gasteiger partial charge >= 0.3 is 0 Å². The summed E-state index contributed by atoms with van der Waals surface area (Å²) >= 11 is 0. The van der Waals surface area contributed by atoms with E-state index in [0.717, 1.165) is 6.26 Å². The molecule has 0 aromatic heterocycles. The molecule has 18 heavy (non-hydrogen) atoms. The molecule has 5 nitrogen and oxygen atoms in total. The van der Waals surface area contributed by atoms with E-state index in [1.807, 2.05) is 0 Å². The van der Waals surface area contributed by atoms with Crippen molar-refractivity contribution in [2.45, 2.75) is 18.2 Å². The molecule has 1 aromatic rings. The zero-order valence-electron chi connectivity index (χ0n) is 10.2. The number of fused-ring (bicyclic) bond motifs is 1. The zero-order chi connectivity index (χ0) is 13.3. The van der Waals surface area contributed by atoms with Crippen LogP contribution in [0.2, 0.25) is 0 Å². The number of hydrogen-bond acceptors (Lipinski definition) is 5. The Balaban J connectivity index is 2.65. The predicted octanol–water partition coefficient (Wildman–Crippen LogP) is 0.993. The van der Waals surface area contributed by atoms with E-state index in [1.165, 1.54) is 6.92 Å². The molecule has 0 saturated heterocycles. The van der Waals surface area contributed by atoms with Gasteiger partial charge < -0.3 is 9.47 Å². The second-order valence-corrected chi connectivity index (χ2v) is 6.18. The second-order valence-electron chi connectivity index (χ2n) is 4.23. The number of carbonyl (C=O) groups excluding carboxylic acids is 1. The summed E-state index contributed by atoms with van der Waals surface area (Å²) in [5, 5.41) is 0. The average molecular weight is 270 g/mol. The van der Waals surface area contributed by atoms with Gasteiger partial charge in [-0.15, -0.1) is 0 Å². The number of hydrogen-bond donors (Lipinski definition) is 0. The van der Waals surface area contributed by atoms with Crippen molar-refractivity contribution in [1.29, 1.82) is 0 Å². The van der Waals surface area contributed by atoms with E-state index in [0.29, 0.717) is 24.5 Å². The summed E-state index contributed by atoms with van der Waals surface area (Å²) in [7, 11) is -3.48. The third-order valence-corrected chi connectivity index (χ3v) is 3.74. The highest BCUT2D eigenvalue weighted by molar-refractivity contribution is 7.90. The molecule has 1 aliphatic rings. The van der Waals surface area contributed by atoms with Crippen molar-refractivity contribution < 1.29 is 22.7 Å². The molecule has 0 atom stereocenters. The first kappa shape index (κ1) is 12.9. The first-order valence-corrected chi connectivity index (χ1v) is 7.39. The van der Waals surface area contributed by atoms with Crippen molar-refractivity contribution >= 4 is 15.6 Å². The van der Waals surface area contributed by atoms with Gasteiger partial charge in [0.25, 0.3) is 0 Å². The molecular formula is C12H14O5S. The first-order valence-electron chi connectivity index (χ1n) is 5.50. The van der Waals surface area contributed by atoms with Crippen LogP contribution in [-0.4, -0.2) is 33.7 Å². The Kier molecular flexibility index (Phi) is 3.30. The van der Waals surface area contributed by atoms with Crippen molar-refractivity contribution in [1.82, 2.24) is 0 Å². The molecule has 0 aliphatic carbocycles. The minimum Gasteiger partial charge on any atom is -0.486 e. The standard InChI is InChI=1S/C12H14O5S/c1-8(13)7-9-3-4-10-11(17-6-5-16-10)12(9)18(2,14)15/h3-4H,5-7H2,1-2H3. The fourth-order valence-electron chi connectivity index (χ4n) is 1.94. The van der Waals surface area contributed by atoms with Gasteiger partial charge in [0.2, 0.25) is 0 Å². The number of ether oxygens (including phenoxy) is 2. The van der Waals surface area contributed by atoms with E-state index in [2.05, 4.69) is 0 Å². The average Bonchev–Trinajstić information content (AvgIpc) is 2.26. The Morgan fingerprint density at radius 2 is 1.94 bits per heavy atom. The lowest BCUT2D eigenvalue weighted by atomic mass is 10.1. The van der Waals surface area contributed by atoms with Crippen molar-refractivity contribution in [2.24, 2.45) is 0 Å². The van der Waals surface area contributed by atoms with Gasteiger partial charge in [-0.05, 0) is 18.6 Å². The third-order valence-electron chi connectivity index (χ3n) is 2.56. The minimum absolute atomic E-state index is 0.0647. The normalized spacial score (nSPS) is 14.3. The molecule has 1 heterocycles. The first-order chi connectivity index (χ1) is 8.39. The van der Waals surface area contributed by atoms with Crippen LogP contribution in [0.3, 0.4) is 0 Å². The van der Waals surface area contributed by atoms with E-state index in [1.54, 1.807) is 12.1 Å². The van der Waals surface area contributed by atoms with Crippen LogP contribution in [0, 0.1) is 0 Å². The summed E-state index contributed by atoms with van der Waals surface area (Å²) in [5.41, 5.74) is 0.453. The highest BCUT2D eigenvalue weighted by Crippen LogP contribution is 2.39. The molecule has 1 aliphatic heterocycles. The van der Waals surface area contributed by atoms with Crippen LogP contribution >= 0.6 is 0 Å². The van der Waals surface area contributed by atoms with Crippen LogP contribution in [0.4, 0.5) is 0 Å². The van der Waals surface area contributed by atoms with Crippen molar-refractivity contribution in [3.63, 3.8) is 0 Å². The molecule has 0 amide bonds. The number of Topliss-reactive ketones (excluding diaryl/α,β-unsaturated/α-hetero) is 1. The topological polar surface area (TPSA) is 69.7 Å². The van der Waals surface area contributed by atoms with Crippen molar-refractivity contribution in [2.75, 3.05) is 19.5 Å². The fraction of sp³-hybridized carbons (Fsp3) is 0.417. The van der Waals surface area contributed by atoms with Crippen LogP contribution in [0.25, 0.3) is 0 Å². The van der Waals surface area contributed by atoms with Gasteiger partial charge in [-0.25, -0.2) is 8.42 Å². The molecule has 98 valence electrons. The van der Waals surface area contributed by atoms with E-state index in [9.17, 15) is 13.2 Å². The maximum absolute atomic E-state index is 11.9. The number of benzene rings is 1. The molecule has 0 fully saturated rings. The monoisotopic (exact) mass is 270 g/mol. The number of carbonyl (C=O) groups is 1. The maximum Gasteiger partial charge on any atom is 0.180 e. The maximum atomic E-state index is 11.9. The van der Waals surface area contributed by atoms with Gasteiger partial charge in [-0.1, -0.05) is 6.07 Å². The van der Waals surface area contributed by atoms with Crippen molar-refractivity contribution in [3.05, 3.63) is 17.7 Å². The van der Waals surface area contributed by atoms with E-state index in [4.69, 9.17) is 9.47 Å². The summed E-state index contributed by atoms with van der Waals surface area (Å²) in [4.78, 5) is 11.3. The van der Waals surface area contributed by atoms with Gasteiger partial charge in [0, 0.05) is 12.7 Å². The summed E-state index contributed by atoms with van der Waals surface area (Å²) in [6.45, 7) is 2.12. The lowest BCUT2D eigenvalue weighted by Gasteiger charge is -2.22. The van der Waals surface area contributed by atoms with E-state index in [-0.39, 0.29) is 22.8 Å². The quantitative estimate of drug-likeness (QED) is 0.819. The molecule has 0 spiro atoms. The van der Waals surface area contributed by atoms with Gasteiger partial charge in [-0.2, -0.15) is 0 Å². The van der Waals surface area contributed by atoms with Gasteiger partial charge in [0.15, 0.2) is 21.3 Å². The smallest absolute Gasteiger partial charge is 0.180 e. The van der Waals surface area contributed by atoms with Gasteiger partial charge in [0.1, 0.15) is 23.9 Å². The molecule has 0 unspecified atom stereocenters. The zero-order valence-corrected chi connectivity index (χ0v) is 11.0. The molecule has 0 bridgehead atoms. The Morgan fingerprint density at radius 1 is 1.28 bits per heavy atom. The molecular weight excluding hydrogens is 256 g/mol. The number of sulfone groups is 1. The largest absolute Gasteiger partial charge is 0.486 e. The minimum atomic E-state index is -3.48. The molecule has 2 rings (SSSR count). The fourth-order valence-corrected chi connectivity index (χ4v) is 3.06. The Morgan fingerprint density at radius 3 is 2.56 bits per heavy atom. The van der Waals surface area contributed by atoms with Crippen LogP contribution in [-0.2, 0) is 21.1 Å². The molecule has 6 heteroatoms. The highest BCUT2D eigenvalue weighted by Gasteiger charge is 2.26.